The van der Waals surface area contributed by atoms with Crippen LogP contribution in [0.25, 0.3) is 0 Å². The number of alkyl halides is 3. The molecule has 0 bridgehead atoms. The second kappa shape index (κ2) is 4.31. The largest absolute Gasteiger partial charge is 0.451 e. The van der Waals surface area contributed by atoms with Crippen LogP contribution in [0.15, 0.2) is 24.3 Å². The van der Waals surface area contributed by atoms with Gasteiger partial charge < -0.3 is 0 Å². The summed E-state index contributed by atoms with van der Waals surface area (Å²) < 4.78 is 49.0. The molecule has 0 fully saturated rings. The van der Waals surface area contributed by atoms with Crippen molar-refractivity contribution in [2.75, 3.05) is 0 Å². The van der Waals surface area contributed by atoms with E-state index in [9.17, 15) is 22.4 Å². The van der Waals surface area contributed by atoms with Gasteiger partial charge in [0.05, 0.1) is 6.07 Å². The monoisotopic (exact) mass is 231 g/mol. The van der Waals surface area contributed by atoms with Gasteiger partial charge in [0.15, 0.2) is 0 Å². The molecule has 0 N–H and O–H groups in total. The van der Waals surface area contributed by atoms with Crippen molar-refractivity contribution in [2.45, 2.75) is 12.1 Å². The van der Waals surface area contributed by atoms with Crippen LogP contribution in [0.4, 0.5) is 17.6 Å². The Morgan fingerprint density at radius 3 is 2.44 bits per heavy atom. The molecule has 0 heterocycles. The van der Waals surface area contributed by atoms with E-state index in [2.05, 4.69) is 0 Å². The highest BCUT2D eigenvalue weighted by atomic mass is 19.4. The van der Waals surface area contributed by atoms with E-state index in [1.807, 2.05) is 0 Å². The molecule has 0 spiro atoms. The highest BCUT2D eigenvalue weighted by Gasteiger charge is 2.44. The highest BCUT2D eigenvalue weighted by molar-refractivity contribution is 5.92. The molecule has 0 amide bonds. The molecule has 0 saturated carbocycles. The Morgan fingerprint density at radius 1 is 1.38 bits per heavy atom. The van der Waals surface area contributed by atoms with E-state index in [1.165, 1.54) is 6.07 Å². The van der Waals surface area contributed by atoms with Gasteiger partial charge in [0, 0.05) is 0 Å². The Hall–Kier alpha value is -1.90. The number of halogens is 4. The van der Waals surface area contributed by atoms with Crippen LogP contribution in [0, 0.1) is 17.1 Å². The van der Waals surface area contributed by atoms with E-state index >= 15 is 0 Å². The molecule has 16 heavy (non-hydrogen) atoms. The summed E-state index contributed by atoms with van der Waals surface area (Å²) in [5.74, 6) is -5.01. The smallest absolute Gasteiger partial charge is 0.288 e. The molecule has 0 saturated heterocycles. The number of Topliss-reactive ketones (excluding diaryl/α,β-unsaturated/α-hetero) is 1. The fourth-order valence-corrected chi connectivity index (χ4v) is 1.13. The molecule has 1 rings (SSSR count). The van der Waals surface area contributed by atoms with Gasteiger partial charge in [0.25, 0.3) is 5.78 Å². The van der Waals surface area contributed by atoms with Crippen LogP contribution in [0.5, 0.6) is 0 Å². The SMILES string of the molecule is N#C[C@H](C(=O)C(F)(F)F)c1cccc(F)c1. The topological polar surface area (TPSA) is 40.9 Å². The van der Waals surface area contributed by atoms with Gasteiger partial charge in [0.2, 0.25) is 0 Å². The van der Waals surface area contributed by atoms with Crippen molar-refractivity contribution in [2.24, 2.45) is 0 Å². The molecule has 0 unspecified atom stereocenters. The van der Waals surface area contributed by atoms with Crippen LogP contribution in [0.2, 0.25) is 0 Å². The van der Waals surface area contributed by atoms with E-state index < -0.39 is 23.7 Å². The maximum Gasteiger partial charge on any atom is 0.451 e. The Kier molecular flexibility index (Phi) is 3.28. The summed E-state index contributed by atoms with van der Waals surface area (Å²) in [6.07, 6.45) is -5.10. The number of ketones is 1. The zero-order chi connectivity index (χ0) is 12.3. The third-order valence-electron chi connectivity index (χ3n) is 1.85. The van der Waals surface area contributed by atoms with Gasteiger partial charge in [-0.3, -0.25) is 4.79 Å². The number of hydrogen-bond acceptors (Lipinski definition) is 2. The van der Waals surface area contributed by atoms with E-state index in [0.29, 0.717) is 0 Å². The summed E-state index contributed by atoms with van der Waals surface area (Å²) >= 11 is 0. The van der Waals surface area contributed by atoms with Crippen LogP contribution < -0.4 is 0 Å². The van der Waals surface area contributed by atoms with Crippen molar-refractivity contribution in [3.8, 4) is 6.07 Å². The van der Waals surface area contributed by atoms with Gasteiger partial charge in [-0.05, 0) is 17.7 Å². The van der Waals surface area contributed by atoms with Crippen LogP contribution in [-0.2, 0) is 4.79 Å². The zero-order valence-corrected chi connectivity index (χ0v) is 7.75. The average molecular weight is 231 g/mol. The minimum absolute atomic E-state index is 0.301. The molecular formula is C10H5F4NO. The Morgan fingerprint density at radius 2 is 2.00 bits per heavy atom. The molecule has 6 heteroatoms. The molecule has 0 aliphatic carbocycles. The molecule has 1 aromatic rings. The van der Waals surface area contributed by atoms with Crippen molar-refractivity contribution in [3.05, 3.63) is 35.6 Å². The summed E-state index contributed by atoms with van der Waals surface area (Å²) in [4.78, 5) is 10.8. The minimum Gasteiger partial charge on any atom is -0.288 e. The second-order valence-electron chi connectivity index (χ2n) is 2.98. The van der Waals surface area contributed by atoms with E-state index in [1.54, 1.807) is 0 Å². The summed E-state index contributed by atoms with van der Waals surface area (Å²) in [6.45, 7) is 0. The van der Waals surface area contributed by atoms with Crippen LogP contribution >= 0.6 is 0 Å². The first-order valence-electron chi connectivity index (χ1n) is 4.12. The lowest BCUT2D eigenvalue weighted by molar-refractivity contribution is -0.171. The van der Waals surface area contributed by atoms with Crippen molar-refractivity contribution >= 4 is 5.78 Å². The molecule has 84 valence electrons. The predicted molar refractivity (Wildman–Crippen MR) is 45.8 cm³/mol. The Labute approximate surface area is 88.1 Å². The van der Waals surface area contributed by atoms with Crippen molar-refractivity contribution in [1.29, 1.82) is 5.26 Å². The number of carbonyl (C=O) groups excluding carboxylic acids is 1. The van der Waals surface area contributed by atoms with Crippen molar-refractivity contribution in [3.63, 3.8) is 0 Å². The number of carbonyl (C=O) groups is 1. The standard InChI is InChI=1S/C10H5F4NO/c11-7-3-1-2-6(4-7)8(5-15)9(16)10(12,13)14/h1-4,8H/t8-/m0/s1. The first-order valence-corrected chi connectivity index (χ1v) is 4.12. The molecule has 0 aliphatic heterocycles. The minimum atomic E-state index is -5.10. The number of nitrogens with zero attached hydrogens (tertiary/aromatic N) is 1. The highest BCUT2D eigenvalue weighted by Crippen LogP contribution is 2.27. The van der Waals surface area contributed by atoms with Gasteiger partial charge in [-0.2, -0.15) is 18.4 Å². The summed E-state index contributed by atoms with van der Waals surface area (Å²) in [7, 11) is 0. The fraction of sp³-hybridized carbons (Fsp3) is 0.200. The first-order chi connectivity index (χ1) is 7.36. The maximum absolute atomic E-state index is 12.7. The lowest BCUT2D eigenvalue weighted by Gasteiger charge is -2.10. The lowest BCUT2D eigenvalue weighted by Crippen LogP contribution is -2.28. The van der Waals surface area contributed by atoms with Crippen molar-refractivity contribution < 1.29 is 22.4 Å². The number of rotatable bonds is 2. The summed E-state index contributed by atoms with van der Waals surface area (Å²) in [5, 5.41) is 8.51. The van der Waals surface area contributed by atoms with Gasteiger partial charge >= 0.3 is 6.18 Å². The van der Waals surface area contributed by atoms with Gasteiger partial charge in [0.1, 0.15) is 11.7 Å². The molecule has 1 aromatic carbocycles. The van der Waals surface area contributed by atoms with Crippen LogP contribution in [0.3, 0.4) is 0 Å². The molecular weight excluding hydrogens is 226 g/mol. The van der Waals surface area contributed by atoms with E-state index in [4.69, 9.17) is 5.26 Å². The third kappa shape index (κ3) is 2.57. The molecule has 1 atom stereocenters. The molecule has 2 nitrogen and oxygen atoms in total. The van der Waals surface area contributed by atoms with E-state index in [-0.39, 0.29) is 5.56 Å². The van der Waals surface area contributed by atoms with Crippen LogP contribution in [0.1, 0.15) is 11.5 Å². The first kappa shape index (κ1) is 12.2. The number of nitriles is 1. The average Bonchev–Trinajstić information content (AvgIpc) is 2.17. The third-order valence-corrected chi connectivity index (χ3v) is 1.85. The van der Waals surface area contributed by atoms with Crippen molar-refractivity contribution in [1.82, 2.24) is 0 Å². The normalized spacial score (nSPS) is 12.9. The Bertz CT molecular complexity index is 447. The predicted octanol–water partition coefficient (Wildman–Crippen LogP) is 2.56. The molecule has 0 aliphatic rings. The maximum atomic E-state index is 12.7. The second-order valence-corrected chi connectivity index (χ2v) is 2.98. The fourth-order valence-electron chi connectivity index (χ4n) is 1.13. The van der Waals surface area contributed by atoms with Gasteiger partial charge in [-0.1, -0.05) is 12.1 Å². The Balaban J connectivity index is 3.10. The summed E-state index contributed by atoms with van der Waals surface area (Å²) in [6, 6.07) is 5.19. The summed E-state index contributed by atoms with van der Waals surface area (Å²) in [5.41, 5.74) is -0.301. The van der Waals surface area contributed by atoms with Gasteiger partial charge in [-0.15, -0.1) is 0 Å². The zero-order valence-electron chi connectivity index (χ0n) is 7.75. The molecule has 0 aromatic heterocycles. The quantitative estimate of drug-likeness (QED) is 0.734. The van der Waals surface area contributed by atoms with E-state index in [0.717, 1.165) is 24.3 Å². The molecule has 0 radical (unpaired) electrons. The van der Waals surface area contributed by atoms with Crippen LogP contribution in [-0.4, -0.2) is 12.0 Å². The lowest BCUT2D eigenvalue weighted by atomic mass is 9.96. The number of hydrogen-bond donors (Lipinski definition) is 0. The number of benzene rings is 1. The van der Waals surface area contributed by atoms with Gasteiger partial charge in [-0.25, -0.2) is 4.39 Å².